The number of rotatable bonds is 8. The Balaban J connectivity index is 3.95. The zero-order chi connectivity index (χ0) is 11.5. The Labute approximate surface area is 93.5 Å². The molecule has 3 nitrogen and oxygen atoms in total. The molecule has 1 N–H and O–H groups in total. The quantitative estimate of drug-likeness (QED) is 0.616. The summed E-state index contributed by atoms with van der Waals surface area (Å²) in [6.45, 7) is 10.1. The highest BCUT2D eigenvalue weighted by atomic mass is 16.2. The third kappa shape index (κ3) is 7.00. The fraction of sp³-hybridized carbons (Fsp3) is 0.750. The van der Waals surface area contributed by atoms with Crippen LogP contribution in [0.4, 0.5) is 4.79 Å². The Hall–Kier alpha value is -0.990. The molecule has 0 bridgehead atoms. The second-order valence-corrected chi connectivity index (χ2v) is 3.67. The van der Waals surface area contributed by atoms with Crippen LogP contribution in [-0.4, -0.2) is 30.6 Å². The molecular weight excluding hydrogens is 188 g/mol. The number of nitrogens with one attached hydrogen (secondary N) is 1. The normalized spacial score (nSPS) is 9.73. The van der Waals surface area contributed by atoms with Crippen LogP contribution in [0.3, 0.4) is 0 Å². The Bertz CT molecular complexity index is 172. The molecule has 0 aliphatic carbocycles. The van der Waals surface area contributed by atoms with E-state index in [2.05, 4.69) is 25.7 Å². The predicted molar refractivity (Wildman–Crippen MR) is 65.0 cm³/mol. The third-order valence-electron chi connectivity index (χ3n) is 2.25. The number of hydrogen-bond acceptors (Lipinski definition) is 1. The predicted octanol–water partition coefficient (Wildman–Crippen LogP) is 2.78. The lowest BCUT2D eigenvalue weighted by Crippen LogP contribution is -2.41. The highest BCUT2D eigenvalue weighted by Crippen LogP contribution is 1.99. The average molecular weight is 212 g/mol. The highest BCUT2D eigenvalue weighted by Gasteiger charge is 2.10. The van der Waals surface area contributed by atoms with Gasteiger partial charge in [-0.2, -0.15) is 0 Å². The number of carbonyl (C=O) groups is 1. The summed E-state index contributed by atoms with van der Waals surface area (Å²) < 4.78 is 0. The smallest absolute Gasteiger partial charge is 0.317 e. The van der Waals surface area contributed by atoms with E-state index in [4.69, 9.17) is 0 Å². The van der Waals surface area contributed by atoms with Gasteiger partial charge in [0.15, 0.2) is 0 Å². The van der Waals surface area contributed by atoms with E-state index in [0.29, 0.717) is 6.54 Å². The molecule has 0 aliphatic rings. The van der Waals surface area contributed by atoms with Gasteiger partial charge in [-0.1, -0.05) is 32.8 Å². The summed E-state index contributed by atoms with van der Waals surface area (Å²) in [6.07, 6.45) is 6.10. The minimum absolute atomic E-state index is 0.0387. The Morgan fingerprint density at radius 2 is 1.80 bits per heavy atom. The third-order valence-corrected chi connectivity index (χ3v) is 2.25. The van der Waals surface area contributed by atoms with E-state index in [1.54, 1.807) is 6.08 Å². The SMILES string of the molecule is C=CCNC(=O)N(CCCC)CCCC. The van der Waals surface area contributed by atoms with Gasteiger partial charge in [-0.05, 0) is 12.8 Å². The summed E-state index contributed by atoms with van der Waals surface area (Å²) in [5.74, 6) is 0. The van der Waals surface area contributed by atoms with Crippen LogP contribution in [0, 0.1) is 0 Å². The van der Waals surface area contributed by atoms with Crippen molar-refractivity contribution in [1.29, 1.82) is 0 Å². The lowest BCUT2D eigenvalue weighted by molar-refractivity contribution is 0.197. The first-order valence-electron chi connectivity index (χ1n) is 5.89. The Morgan fingerprint density at radius 3 is 2.20 bits per heavy atom. The maximum atomic E-state index is 11.7. The van der Waals surface area contributed by atoms with Crippen molar-refractivity contribution in [3.63, 3.8) is 0 Å². The monoisotopic (exact) mass is 212 g/mol. The zero-order valence-electron chi connectivity index (χ0n) is 10.1. The summed E-state index contributed by atoms with van der Waals surface area (Å²) >= 11 is 0. The van der Waals surface area contributed by atoms with Crippen LogP contribution in [0.2, 0.25) is 0 Å². The van der Waals surface area contributed by atoms with E-state index >= 15 is 0 Å². The molecule has 88 valence electrons. The van der Waals surface area contributed by atoms with Crippen LogP contribution in [0.15, 0.2) is 12.7 Å². The van der Waals surface area contributed by atoms with Crippen molar-refractivity contribution in [2.75, 3.05) is 19.6 Å². The van der Waals surface area contributed by atoms with Crippen molar-refractivity contribution in [1.82, 2.24) is 10.2 Å². The van der Waals surface area contributed by atoms with Crippen molar-refractivity contribution in [2.45, 2.75) is 39.5 Å². The number of urea groups is 1. The molecule has 2 amide bonds. The molecule has 0 aliphatic heterocycles. The summed E-state index contributed by atoms with van der Waals surface area (Å²) in [5.41, 5.74) is 0. The number of carbonyl (C=O) groups excluding carboxylic acids is 1. The van der Waals surface area contributed by atoms with Gasteiger partial charge >= 0.3 is 6.03 Å². The fourth-order valence-electron chi connectivity index (χ4n) is 1.28. The van der Waals surface area contributed by atoms with E-state index in [0.717, 1.165) is 38.8 Å². The molecule has 0 rings (SSSR count). The van der Waals surface area contributed by atoms with Gasteiger partial charge in [0.1, 0.15) is 0 Å². The number of nitrogens with zero attached hydrogens (tertiary/aromatic N) is 1. The van der Waals surface area contributed by atoms with Gasteiger partial charge in [0, 0.05) is 19.6 Å². The van der Waals surface area contributed by atoms with Crippen LogP contribution >= 0.6 is 0 Å². The summed E-state index contributed by atoms with van der Waals surface area (Å²) in [7, 11) is 0. The Morgan fingerprint density at radius 1 is 1.27 bits per heavy atom. The topological polar surface area (TPSA) is 32.3 Å². The average Bonchev–Trinajstić information content (AvgIpc) is 2.26. The minimum Gasteiger partial charge on any atom is -0.335 e. The molecule has 0 saturated heterocycles. The standard InChI is InChI=1S/C12H24N2O/c1-4-7-10-14(11-8-5-2)12(15)13-9-6-3/h6H,3-5,7-11H2,1-2H3,(H,13,15). The molecule has 0 heterocycles. The van der Waals surface area contributed by atoms with E-state index in [-0.39, 0.29) is 6.03 Å². The van der Waals surface area contributed by atoms with Gasteiger partial charge < -0.3 is 10.2 Å². The van der Waals surface area contributed by atoms with Crippen molar-refractivity contribution >= 4 is 6.03 Å². The van der Waals surface area contributed by atoms with E-state index in [9.17, 15) is 4.79 Å². The number of hydrogen-bond donors (Lipinski definition) is 1. The number of unbranched alkanes of at least 4 members (excludes halogenated alkanes) is 2. The van der Waals surface area contributed by atoms with Crippen molar-refractivity contribution in [3.8, 4) is 0 Å². The van der Waals surface area contributed by atoms with Crippen molar-refractivity contribution in [2.24, 2.45) is 0 Å². The molecule has 3 heteroatoms. The van der Waals surface area contributed by atoms with E-state index < -0.39 is 0 Å². The summed E-state index contributed by atoms with van der Waals surface area (Å²) in [4.78, 5) is 13.6. The molecule has 0 aromatic carbocycles. The fourth-order valence-corrected chi connectivity index (χ4v) is 1.28. The van der Waals surface area contributed by atoms with E-state index in [1.807, 2.05) is 4.90 Å². The van der Waals surface area contributed by atoms with Gasteiger partial charge in [0.2, 0.25) is 0 Å². The van der Waals surface area contributed by atoms with Crippen molar-refractivity contribution in [3.05, 3.63) is 12.7 Å². The molecule has 0 atom stereocenters. The van der Waals surface area contributed by atoms with Crippen LogP contribution in [0.5, 0.6) is 0 Å². The second-order valence-electron chi connectivity index (χ2n) is 3.67. The van der Waals surface area contributed by atoms with Crippen LogP contribution in [-0.2, 0) is 0 Å². The highest BCUT2D eigenvalue weighted by molar-refractivity contribution is 5.74. The molecule has 0 fully saturated rings. The van der Waals surface area contributed by atoms with Gasteiger partial charge in [-0.3, -0.25) is 0 Å². The first kappa shape index (κ1) is 14.0. The van der Waals surface area contributed by atoms with Gasteiger partial charge in [0.05, 0.1) is 0 Å². The maximum absolute atomic E-state index is 11.7. The Kier molecular flexibility index (Phi) is 8.93. The first-order valence-corrected chi connectivity index (χ1v) is 5.89. The molecular formula is C12H24N2O. The largest absolute Gasteiger partial charge is 0.335 e. The van der Waals surface area contributed by atoms with Crippen LogP contribution < -0.4 is 5.32 Å². The summed E-state index contributed by atoms with van der Waals surface area (Å²) in [6, 6.07) is 0.0387. The minimum atomic E-state index is 0.0387. The molecule has 0 unspecified atom stereocenters. The lowest BCUT2D eigenvalue weighted by atomic mass is 10.3. The summed E-state index contributed by atoms with van der Waals surface area (Å²) in [5, 5.41) is 2.82. The molecule has 0 radical (unpaired) electrons. The molecule has 0 saturated carbocycles. The van der Waals surface area contributed by atoms with Gasteiger partial charge in [0.25, 0.3) is 0 Å². The maximum Gasteiger partial charge on any atom is 0.317 e. The molecule has 0 spiro atoms. The molecule has 0 aromatic heterocycles. The van der Waals surface area contributed by atoms with E-state index in [1.165, 1.54) is 0 Å². The number of amides is 2. The van der Waals surface area contributed by atoms with Gasteiger partial charge in [-0.25, -0.2) is 4.79 Å². The lowest BCUT2D eigenvalue weighted by Gasteiger charge is -2.22. The molecule has 15 heavy (non-hydrogen) atoms. The van der Waals surface area contributed by atoms with Crippen LogP contribution in [0.25, 0.3) is 0 Å². The second kappa shape index (κ2) is 9.56. The zero-order valence-corrected chi connectivity index (χ0v) is 10.1. The first-order chi connectivity index (χ1) is 7.26. The molecule has 0 aromatic rings. The van der Waals surface area contributed by atoms with Crippen molar-refractivity contribution < 1.29 is 4.79 Å². The van der Waals surface area contributed by atoms with Crippen LogP contribution in [0.1, 0.15) is 39.5 Å². The van der Waals surface area contributed by atoms with Gasteiger partial charge in [-0.15, -0.1) is 6.58 Å².